The van der Waals surface area contributed by atoms with Crippen LogP contribution in [-0.4, -0.2) is 12.2 Å². The average molecular weight is 280 g/mol. The highest BCUT2D eigenvalue weighted by Gasteiger charge is 2.13. The molecule has 0 fully saturated rings. The first kappa shape index (κ1) is 14.0. The van der Waals surface area contributed by atoms with Crippen molar-refractivity contribution >= 4 is 11.3 Å². The van der Waals surface area contributed by atoms with E-state index in [0.29, 0.717) is 6.42 Å². The van der Waals surface area contributed by atoms with Crippen molar-refractivity contribution in [3.8, 4) is 5.75 Å². The van der Waals surface area contributed by atoms with Crippen LogP contribution in [0.2, 0.25) is 0 Å². The van der Waals surface area contributed by atoms with Crippen molar-refractivity contribution < 1.29 is 14.2 Å². The van der Waals surface area contributed by atoms with Gasteiger partial charge in [-0.2, -0.15) is 0 Å². The molecular formula is C15H17FO2S. The van der Waals surface area contributed by atoms with Crippen LogP contribution >= 0.6 is 11.3 Å². The van der Waals surface area contributed by atoms with Gasteiger partial charge >= 0.3 is 0 Å². The smallest absolute Gasteiger partial charge is 0.165 e. The van der Waals surface area contributed by atoms with Crippen LogP contribution in [0.5, 0.6) is 5.75 Å². The number of ether oxygens (including phenoxy) is 1. The summed E-state index contributed by atoms with van der Waals surface area (Å²) in [5.74, 6) is -0.174. The van der Waals surface area contributed by atoms with Gasteiger partial charge < -0.3 is 9.84 Å². The highest BCUT2D eigenvalue weighted by Crippen LogP contribution is 2.29. The molecule has 1 heterocycles. The van der Waals surface area contributed by atoms with E-state index in [2.05, 4.69) is 0 Å². The Hall–Kier alpha value is -1.39. The van der Waals surface area contributed by atoms with Crippen molar-refractivity contribution in [2.75, 3.05) is 7.11 Å². The monoisotopic (exact) mass is 280 g/mol. The predicted octanol–water partition coefficient (Wildman–Crippen LogP) is 3.79. The van der Waals surface area contributed by atoms with Crippen molar-refractivity contribution in [3.63, 3.8) is 0 Å². The SMILES string of the molecule is COc1ccc(CC(O)c2cc(C)c(C)s2)cc1F. The topological polar surface area (TPSA) is 29.5 Å². The zero-order valence-corrected chi connectivity index (χ0v) is 12.1. The van der Waals surface area contributed by atoms with Crippen LogP contribution in [0.4, 0.5) is 4.39 Å². The van der Waals surface area contributed by atoms with Gasteiger partial charge in [-0.05, 0) is 43.2 Å². The third-order valence-electron chi connectivity index (χ3n) is 3.16. The Bertz CT molecular complexity index is 558. The molecule has 0 saturated carbocycles. The molecular weight excluding hydrogens is 263 g/mol. The van der Waals surface area contributed by atoms with Crippen molar-refractivity contribution in [2.24, 2.45) is 0 Å². The molecule has 0 amide bonds. The van der Waals surface area contributed by atoms with Gasteiger partial charge in [0.15, 0.2) is 11.6 Å². The van der Waals surface area contributed by atoms with Crippen molar-refractivity contribution in [2.45, 2.75) is 26.4 Å². The number of aliphatic hydroxyl groups is 1. The zero-order chi connectivity index (χ0) is 14.0. The van der Waals surface area contributed by atoms with Crippen molar-refractivity contribution in [1.29, 1.82) is 0 Å². The molecule has 0 saturated heterocycles. The third kappa shape index (κ3) is 3.14. The van der Waals surface area contributed by atoms with E-state index >= 15 is 0 Å². The van der Waals surface area contributed by atoms with Crippen LogP contribution < -0.4 is 4.74 Å². The largest absolute Gasteiger partial charge is 0.494 e. The molecule has 1 aromatic heterocycles. The molecule has 1 unspecified atom stereocenters. The Morgan fingerprint density at radius 2 is 2.05 bits per heavy atom. The minimum atomic E-state index is -0.592. The van der Waals surface area contributed by atoms with Gasteiger partial charge in [-0.15, -0.1) is 11.3 Å². The maximum absolute atomic E-state index is 13.6. The first-order chi connectivity index (χ1) is 9.01. The molecule has 0 aliphatic carbocycles. The summed E-state index contributed by atoms with van der Waals surface area (Å²) in [6, 6.07) is 6.76. The van der Waals surface area contributed by atoms with Gasteiger partial charge in [0, 0.05) is 16.2 Å². The lowest BCUT2D eigenvalue weighted by molar-refractivity contribution is 0.182. The number of benzene rings is 1. The molecule has 0 radical (unpaired) electrons. The van der Waals surface area contributed by atoms with Crippen LogP contribution in [0.1, 0.15) is 27.0 Å². The van der Waals surface area contributed by atoms with Gasteiger partial charge in [0.1, 0.15) is 0 Å². The average Bonchev–Trinajstić information content (AvgIpc) is 2.70. The van der Waals surface area contributed by atoms with Gasteiger partial charge in [0.25, 0.3) is 0 Å². The Kier molecular flexibility index (Phi) is 4.22. The number of methoxy groups -OCH3 is 1. The number of halogens is 1. The van der Waals surface area contributed by atoms with Crippen LogP contribution in [0.15, 0.2) is 24.3 Å². The van der Waals surface area contributed by atoms with Crippen LogP contribution in [0.3, 0.4) is 0 Å². The summed E-state index contributed by atoms with van der Waals surface area (Å²) < 4.78 is 18.4. The fourth-order valence-corrected chi connectivity index (χ4v) is 2.96. The Morgan fingerprint density at radius 3 is 2.58 bits per heavy atom. The first-order valence-corrected chi connectivity index (χ1v) is 6.90. The third-order valence-corrected chi connectivity index (χ3v) is 4.41. The number of rotatable bonds is 4. The number of hydrogen-bond acceptors (Lipinski definition) is 3. The van der Waals surface area contributed by atoms with Crippen LogP contribution in [0, 0.1) is 19.7 Å². The summed E-state index contributed by atoms with van der Waals surface area (Å²) in [5, 5.41) is 10.2. The highest BCUT2D eigenvalue weighted by molar-refractivity contribution is 7.12. The normalized spacial score (nSPS) is 12.5. The number of hydrogen-bond donors (Lipinski definition) is 1. The molecule has 1 N–H and O–H groups in total. The number of aryl methyl sites for hydroxylation is 2. The van der Waals surface area contributed by atoms with Gasteiger partial charge in [-0.25, -0.2) is 4.39 Å². The molecule has 2 aromatic rings. The lowest BCUT2D eigenvalue weighted by Crippen LogP contribution is -2.00. The molecule has 102 valence electrons. The second-order valence-electron chi connectivity index (χ2n) is 4.58. The fourth-order valence-electron chi connectivity index (χ4n) is 1.93. The van der Waals surface area contributed by atoms with Gasteiger partial charge in [0.2, 0.25) is 0 Å². The summed E-state index contributed by atoms with van der Waals surface area (Å²) in [5.41, 5.74) is 1.94. The Balaban J connectivity index is 2.14. The second kappa shape index (κ2) is 5.72. The molecule has 4 heteroatoms. The van der Waals surface area contributed by atoms with E-state index in [9.17, 15) is 9.50 Å². The molecule has 0 aliphatic heterocycles. The molecule has 2 nitrogen and oxygen atoms in total. The van der Waals surface area contributed by atoms with E-state index in [1.807, 2.05) is 19.9 Å². The quantitative estimate of drug-likeness (QED) is 0.923. The molecule has 2 rings (SSSR count). The van der Waals surface area contributed by atoms with Crippen molar-refractivity contribution in [1.82, 2.24) is 0 Å². The molecule has 0 aliphatic rings. The lowest BCUT2D eigenvalue weighted by atomic mass is 10.1. The van der Waals surface area contributed by atoms with Crippen LogP contribution in [0.25, 0.3) is 0 Å². The summed E-state index contributed by atoms with van der Waals surface area (Å²) in [6.45, 7) is 4.05. The van der Waals surface area contributed by atoms with Gasteiger partial charge in [-0.1, -0.05) is 6.07 Å². The second-order valence-corrected chi connectivity index (χ2v) is 5.86. The van der Waals surface area contributed by atoms with E-state index < -0.39 is 11.9 Å². The lowest BCUT2D eigenvalue weighted by Gasteiger charge is -2.10. The van der Waals surface area contributed by atoms with Crippen LogP contribution in [-0.2, 0) is 6.42 Å². The predicted molar refractivity (Wildman–Crippen MR) is 75.4 cm³/mol. The zero-order valence-electron chi connectivity index (χ0n) is 11.2. The minimum Gasteiger partial charge on any atom is -0.494 e. The summed E-state index contributed by atoms with van der Waals surface area (Å²) >= 11 is 1.59. The van der Waals surface area contributed by atoms with E-state index in [1.54, 1.807) is 23.5 Å². The molecule has 1 aromatic carbocycles. The minimum absolute atomic E-state index is 0.223. The number of aliphatic hydroxyl groups excluding tert-OH is 1. The van der Waals surface area contributed by atoms with Gasteiger partial charge in [0.05, 0.1) is 13.2 Å². The molecule has 0 bridgehead atoms. The van der Waals surface area contributed by atoms with E-state index in [0.717, 1.165) is 10.4 Å². The van der Waals surface area contributed by atoms with Gasteiger partial charge in [-0.3, -0.25) is 0 Å². The van der Waals surface area contributed by atoms with E-state index in [4.69, 9.17) is 4.74 Å². The molecule has 1 atom stereocenters. The summed E-state index contributed by atoms with van der Waals surface area (Å²) in [7, 11) is 1.43. The molecule has 19 heavy (non-hydrogen) atoms. The standard InChI is InChI=1S/C15H17FO2S/c1-9-6-15(19-10(9)2)13(17)8-11-4-5-14(18-3)12(16)7-11/h4-7,13,17H,8H2,1-3H3. The maximum Gasteiger partial charge on any atom is 0.165 e. The maximum atomic E-state index is 13.6. The summed E-state index contributed by atoms with van der Waals surface area (Å²) in [4.78, 5) is 2.13. The first-order valence-electron chi connectivity index (χ1n) is 6.08. The Labute approximate surface area is 116 Å². The Morgan fingerprint density at radius 1 is 1.32 bits per heavy atom. The van der Waals surface area contributed by atoms with E-state index in [1.165, 1.54) is 23.6 Å². The highest BCUT2D eigenvalue weighted by atomic mass is 32.1. The van der Waals surface area contributed by atoms with E-state index in [-0.39, 0.29) is 5.75 Å². The fraction of sp³-hybridized carbons (Fsp3) is 0.333. The van der Waals surface area contributed by atoms with Crippen molar-refractivity contribution in [3.05, 3.63) is 51.0 Å². The number of thiophene rings is 1. The summed E-state index contributed by atoms with van der Waals surface area (Å²) in [6.07, 6.45) is -0.189. The molecule has 0 spiro atoms.